The third-order valence-corrected chi connectivity index (χ3v) is 4.62. The maximum atomic E-state index is 12.2. The van der Waals surface area contributed by atoms with Crippen LogP contribution in [0.5, 0.6) is 0 Å². The number of thioether (sulfide) groups is 1. The van der Waals surface area contributed by atoms with Crippen LogP contribution in [0.3, 0.4) is 0 Å². The van der Waals surface area contributed by atoms with Crippen molar-refractivity contribution < 1.29 is 4.79 Å². The first kappa shape index (κ1) is 16.3. The van der Waals surface area contributed by atoms with Crippen LogP contribution in [-0.4, -0.2) is 21.2 Å². The van der Waals surface area contributed by atoms with Crippen molar-refractivity contribution in [3.8, 4) is 5.69 Å². The largest absolute Gasteiger partial charge is 0.349 e. The predicted molar refractivity (Wildman–Crippen MR) is 97.3 cm³/mol. The van der Waals surface area contributed by atoms with E-state index in [9.17, 15) is 4.79 Å². The van der Waals surface area contributed by atoms with Gasteiger partial charge >= 0.3 is 0 Å². The zero-order valence-corrected chi connectivity index (χ0v) is 14.2. The molecular formula is C19H19N3OS. The molecule has 3 aromatic rings. The number of rotatable bonds is 6. The van der Waals surface area contributed by atoms with Crippen molar-refractivity contribution >= 4 is 17.7 Å². The summed E-state index contributed by atoms with van der Waals surface area (Å²) in [5, 5.41) is 3.83. The number of nitrogens with zero attached hydrogens (tertiary/aromatic N) is 2. The van der Waals surface area contributed by atoms with E-state index in [-0.39, 0.29) is 11.9 Å². The van der Waals surface area contributed by atoms with E-state index >= 15 is 0 Å². The van der Waals surface area contributed by atoms with E-state index in [0.717, 1.165) is 16.4 Å². The second-order valence-electron chi connectivity index (χ2n) is 5.40. The van der Waals surface area contributed by atoms with Crippen molar-refractivity contribution in [3.63, 3.8) is 0 Å². The fourth-order valence-electron chi connectivity index (χ4n) is 2.42. The van der Waals surface area contributed by atoms with Crippen LogP contribution in [0, 0.1) is 0 Å². The van der Waals surface area contributed by atoms with Gasteiger partial charge in [0.25, 0.3) is 0 Å². The van der Waals surface area contributed by atoms with E-state index in [1.165, 1.54) is 11.8 Å². The molecule has 0 bridgehead atoms. The number of hydrogen-bond acceptors (Lipinski definition) is 3. The van der Waals surface area contributed by atoms with Crippen LogP contribution in [0.4, 0.5) is 0 Å². The SMILES string of the molecule is C[C@H](NC(=O)CSc1nccn1-c1ccccc1)c1ccccc1. The van der Waals surface area contributed by atoms with Crippen molar-refractivity contribution in [1.29, 1.82) is 0 Å². The Balaban J connectivity index is 1.59. The standard InChI is InChI=1S/C19H19N3OS/c1-15(16-8-4-2-5-9-16)21-18(23)14-24-19-20-12-13-22(19)17-10-6-3-7-11-17/h2-13,15H,14H2,1H3,(H,21,23)/t15-/m0/s1. The summed E-state index contributed by atoms with van der Waals surface area (Å²) >= 11 is 1.43. The first-order valence-electron chi connectivity index (χ1n) is 7.80. The van der Waals surface area contributed by atoms with E-state index < -0.39 is 0 Å². The smallest absolute Gasteiger partial charge is 0.230 e. The van der Waals surface area contributed by atoms with Gasteiger partial charge in [0.05, 0.1) is 11.8 Å². The van der Waals surface area contributed by atoms with E-state index in [1.807, 2.05) is 78.4 Å². The molecule has 0 aliphatic heterocycles. The molecule has 0 aliphatic carbocycles. The van der Waals surface area contributed by atoms with Crippen molar-refractivity contribution in [2.24, 2.45) is 0 Å². The fraction of sp³-hybridized carbons (Fsp3) is 0.158. The number of nitrogens with one attached hydrogen (secondary N) is 1. The van der Waals surface area contributed by atoms with Gasteiger partial charge in [0.15, 0.2) is 5.16 Å². The molecule has 1 atom stereocenters. The number of aromatic nitrogens is 2. The van der Waals surface area contributed by atoms with Crippen molar-refractivity contribution in [1.82, 2.24) is 14.9 Å². The van der Waals surface area contributed by atoms with Crippen LogP contribution in [0.1, 0.15) is 18.5 Å². The van der Waals surface area contributed by atoms with Gasteiger partial charge in [-0.25, -0.2) is 4.98 Å². The van der Waals surface area contributed by atoms with Crippen LogP contribution >= 0.6 is 11.8 Å². The molecule has 1 N–H and O–H groups in total. The number of hydrogen-bond donors (Lipinski definition) is 1. The minimum absolute atomic E-state index is 0.000959. The summed E-state index contributed by atoms with van der Waals surface area (Å²) in [7, 11) is 0. The van der Waals surface area contributed by atoms with Gasteiger partial charge in [0.2, 0.25) is 5.91 Å². The third kappa shape index (κ3) is 4.06. The molecule has 0 unspecified atom stereocenters. The maximum absolute atomic E-state index is 12.2. The Bertz CT molecular complexity index is 787. The molecule has 2 aromatic carbocycles. The van der Waals surface area contributed by atoms with Crippen LogP contribution in [0.2, 0.25) is 0 Å². The predicted octanol–water partition coefficient (Wildman–Crippen LogP) is 3.84. The molecule has 0 aliphatic rings. The van der Waals surface area contributed by atoms with Gasteiger partial charge in [0.1, 0.15) is 0 Å². The average Bonchev–Trinajstić information content (AvgIpc) is 3.10. The molecule has 5 heteroatoms. The molecule has 0 saturated heterocycles. The van der Waals surface area contributed by atoms with E-state index in [0.29, 0.717) is 5.75 Å². The zero-order chi connectivity index (χ0) is 16.8. The first-order valence-corrected chi connectivity index (χ1v) is 8.78. The molecule has 0 radical (unpaired) electrons. The molecular weight excluding hydrogens is 318 g/mol. The average molecular weight is 337 g/mol. The lowest BCUT2D eigenvalue weighted by Gasteiger charge is -2.14. The van der Waals surface area contributed by atoms with Crippen molar-refractivity contribution in [3.05, 3.63) is 78.6 Å². The molecule has 0 spiro atoms. The molecule has 1 amide bonds. The molecule has 122 valence electrons. The minimum atomic E-state index is -0.00633. The highest BCUT2D eigenvalue weighted by atomic mass is 32.2. The summed E-state index contributed by atoms with van der Waals surface area (Å²) in [6.07, 6.45) is 3.65. The molecule has 1 heterocycles. The Morgan fingerprint density at radius 1 is 1.12 bits per heavy atom. The number of amides is 1. The second kappa shape index (κ2) is 7.84. The van der Waals surface area contributed by atoms with Gasteiger partial charge in [-0.2, -0.15) is 0 Å². The van der Waals surface area contributed by atoms with Gasteiger partial charge in [-0.15, -0.1) is 0 Å². The number of carbonyl (C=O) groups is 1. The highest BCUT2D eigenvalue weighted by Gasteiger charge is 2.12. The Morgan fingerprint density at radius 3 is 2.50 bits per heavy atom. The maximum Gasteiger partial charge on any atom is 0.230 e. The summed E-state index contributed by atoms with van der Waals surface area (Å²) < 4.78 is 1.98. The number of carbonyl (C=O) groups excluding carboxylic acids is 1. The van der Waals surface area contributed by atoms with Gasteiger partial charge in [-0.05, 0) is 24.6 Å². The van der Waals surface area contributed by atoms with Crippen molar-refractivity contribution in [2.45, 2.75) is 18.1 Å². The molecule has 4 nitrogen and oxygen atoms in total. The minimum Gasteiger partial charge on any atom is -0.349 e. The quantitative estimate of drug-likeness (QED) is 0.695. The van der Waals surface area contributed by atoms with Gasteiger partial charge < -0.3 is 5.32 Å². The zero-order valence-electron chi connectivity index (χ0n) is 13.4. The highest BCUT2D eigenvalue weighted by Crippen LogP contribution is 2.20. The molecule has 0 saturated carbocycles. The van der Waals surface area contributed by atoms with E-state index in [4.69, 9.17) is 0 Å². The van der Waals surface area contributed by atoms with Crippen LogP contribution in [0.15, 0.2) is 78.2 Å². The third-order valence-electron chi connectivity index (χ3n) is 3.65. The van der Waals surface area contributed by atoms with Crippen LogP contribution < -0.4 is 5.32 Å². The summed E-state index contributed by atoms with van der Waals surface area (Å²) in [4.78, 5) is 16.5. The molecule has 0 fully saturated rings. The monoisotopic (exact) mass is 337 g/mol. The summed E-state index contributed by atoms with van der Waals surface area (Å²) in [5.74, 6) is 0.333. The van der Waals surface area contributed by atoms with Gasteiger partial charge in [-0.3, -0.25) is 9.36 Å². The Morgan fingerprint density at radius 2 is 1.79 bits per heavy atom. The Kier molecular flexibility index (Phi) is 5.33. The molecule has 24 heavy (non-hydrogen) atoms. The lowest BCUT2D eigenvalue weighted by molar-refractivity contribution is -0.119. The van der Waals surface area contributed by atoms with Crippen LogP contribution in [-0.2, 0) is 4.79 Å². The van der Waals surface area contributed by atoms with E-state index in [2.05, 4.69) is 10.3 Å². The first-order chi connectivity index (χ1) is 11.7. The lowest BCUT2D eigenvalue weighted by atomic mass is 10.1. The number of benzene rings is 2. The second-order valence-corrected chi connectivity index (χ2v) is 6.35. The summed E-state index contributed by atoms with van der Waals surface area (Å²) in [6, 6.07) is 19.9. The lowest BCUT2D eigenvalue weighted by Crippen LogP contribution is -2.28. The Hall–Kier alpha value is -2.53. The Labute approximate surface area is 145 Å². The highest BCUT2D eigenvalue weighted by molar-refractivity contribution is 7.99. The van der Waals surface area contributed by atoms with E-state index in [1.54, 1.807) is 6.20 Å². The van der Waals surface area contributed by atoms with Crippen LogP contribution in [0.25, 0.3) is 5.69 Å². The fourth-order valence-corrected chi connectivity index (χ4v) is 3.20. The number of para-hydroxylation sites is 1. The van der Waals surface area contributed by atoms with Gasteiger partial charge in [-0.1, -0.05) is 60.3 Å². The topological polar surface area (TPSA) is 46.9 Å². The summed E-state index contributed by atoms with van der Waals surface area (Å²) in [6.45, 7) is 1.99. The summed E-state index contributed by atoms with van der Waals surface area (Å²) in [5.41, 5.74) is 2.14. The molecule has 3 rings (SSSR count). The van der Waals surface area contributed by atoms with Crippen molar-refractivity contribution in [2.75, 3.05) is 5.75 Å². The number of imidazole rings is 1. The van der Waals surface area contributed by atoms with Gasteiger partial charge in [0, 0.05) is 18.1 Å². The normalized spacial score (nSPS) is 11.9. The molecule has 1 aromatic heterocycles.